The van der Waals surface area contributed by atoms with Gasteiger partial charge < -0.3 is 14.6 Å². The van der Waals surface area contributed by atoms with E-state index in [1.165, 1.54) is 0 Å². The second-order valence-corrected chi connectivity index (χ2v) is 5.01. The zero-order valence-electron chi connectivity index (χ0n) is 9.18. The molecule has 0 spiro atoms. The van der Waals surface area contributed by atoms with Crippen LogP contribution >= 0.6 is 15.9 Å². The fourth-order valence-corrected chi connectivity index (χ4v) is 2.01. The molecule has 0 unspecified atom stereocenters. The number of nitrogens with zero attached hydrogens (tertiary/aromatic N) is 1. The van der Waals surface area contributed by atoms with Gasteiger partial charge in [-0.15, -0.1) is 0 Å². The maximum Gasteiger partial charge on any atom is 0.163 e. The molecule has 1 fully saturated rings. The highest BCUT2D eigenvalue weighted by atomic mass is 79.9. The van der Waals surface area contributed by atoms with E-state index in [-0.39, 0.29) is 6.10 Å². The smallest absolute Gasteiger partial charge is 0.163 e. The number of aliphatic hydroxyl groups is 1. The van der Waals surface area contributed by atoms with E-state index in [1.807, 2.05) is 26.0 Å². The first kappa shape index (κ1) is 12.0. The third-order valence-electron chi connectivity index (χ3n) is 2.42. The molecule has 1 aliphatic rings. The summed E-state index contributed by atoms with van der Waals surface area (Å²) < 4.78 is 11.7. The van der Waals surface area contributed by atoms with Crippen molar-refractivity contribution < 1.29 is 14.6 Å². The first-order valence-corrected chi connectivity index (χ1v) is 5.89. The van der Waals surface area contributed by atoms with Crippen LogP contribution in [0.15, 0.2) is 22.8 Å². The van der Waals surface area contributed by atoms with E-state index in [0.29, 0.717) is 16.9 Å². The predicted molar refractivity (Wildman–Crippen MR) is 61.8 cm³/mol. The van der Waals surface area contributed by atoms with Crippen LogP contribution < -0.4 is 0 Å². The molecule has 1 N–H and O–H groups in total. The Balaban J connectivity index is 2.11. The monoisotopic (exact) mass is 287 g/mol. The van der Waals surface area contributed by atoms with Gasteiger partial charge in [0.2, 0.25) is 0 Å². The van der Waals surface area contributed by atoms with Crippen molar-refractivity contribution in [3.05, 3.63) is 28.5 Å². The molecule has 4 nitrogen and oxygen atoms in total. The Morgan fingerprint density at radius 3 is 2.88 bits per heavy atom. The molecule has 16 heavy (non-hydrogen) atoms. The lowest BCUT2D eigenvalue weighted by Gasteiger charge is -2.20. The van der Waals surface area contributed by atoms with Gasteiger partial charge in [-0.2, -0.15) is 0 Å². The van der Waals surface area contributed by atoms with E-state index in [1.54, 1.807) is 6.07 Å². The van der Waals surface area contributed by atoms with Crippen molar-refractivity contribution in [2.24, 2.45) is 0 Å². The van der Waals surface area contributed by atoms with Crippen molar-refractivity contribution >= 4 is 15.9 Å². The summed E-state index contributed by atoms with van der Waals surface area (Å²) in [5.74, 6) is -0.627. The molecule has 1 aromatic rings. The molecule has 2 rings (SSSR count). The van der Waals surface area contributed by atoms with Crippen LogP contribution in [0.5, 0.6) is 0 Å². The summed E-state index contributed by atoms with van der Waals surface area (Å²) in [5.41, 5.74) is 0.584. The molecule has 0 aromatic carbocycles. The Morgan fingerprint density at radius 1 is 1.56 bits per heavy atom. The lowest BCUT2D eigenvalue weighted by molar-refractivity contribution is -0.151. The molecular formula is C11H14BrNO3. The number of hydrogen-bond acceptors (Lipinski definition) is 4. The first-order valence-electron chi connectivity index (χ1n) is 5.10. The van der Waals surface area contributed by atoms with Crippen LogP contribution in [0.25, 0.3) is 0 Å². The van der Waals surface area contributed by atoms with Crippen molar-refractivity contribution in [1.82, 2.24) is 4.98 Å². The average molecular weight is 288 g/mol. The molecule has 0 aliphatic carbocycles. The Morgan fingerprint density at radius 2 is 2.31 bits per heavy atom. The zero-order valence-corrected chi connectivity index (χ0v) is 10.8. The largest absolute Gasteiger partial charge is 0.384 e. The minimum Gasteiger partial charge on any atom is -0.384 e. The Bertz CT molecular complexity index is 383. The van der Waals surface area contributed by atoms with Crippen LogP contribution in [0.4, 0.5) is 0 Å². The fourth-order valence-electron chi connectivity index (χ4n) is 1.65. The molecule has 1 aliphatic heterocycles. The number of halogens is 1. The number of rotatable bonds is 2. The minimum absolute atomic E-state index is 0.364. The molecule has 1 saturated heterocycles. The van der Waals surface area contributed by atoms with Crippen LogP contribution in [0.1, 0.15) is 25.6 Å². The van der Waals surface area contributed by atoms with E-state index in [9.17, 15) is 5.11 Å². The summed E-state index contributed by atoms with van der Waals surface area (Å²) in [6.45, 7) is 4.03. The van der Waals surface area contributed by atoms with Gasteiger partial charge in [-0.1, -0.05) is 6.07 Å². The second-order valence-electron chi connectivity index (χ2n) is 4.20. The van der Waals surface area contributed by atoms with Crippen molar-refractivity contribution in [2.45, 2.75) is 31.8 Å². The minimum atomic E-state index is -0.765. The topological polar surface area (TPSA) is 51.6 Å². The Kier molecular flexibility index (Phi) is 3.30. The molecule has 1 aromatic heterocycles. The van der Waals surface area contributed by atoms with Crippen LogP contribution in [0, 0.1) is 0 Å². The van der Waals surface area contributed by atoms with Crippen molar-refractivity contribution in [3.8, 4) is 0 Å². The van der Waals surface area contributed by atoms with Gasteiger partial charge in [0, 0.05) is 0 Å². The fraction of sp³-hybridized carbons (Fsp3) is 0.545. The number of hydrogen-bond donors (Lipinski definition) is 1. The van der Waals surface area contributed by atoms with Gasteiger partial charge in [-0.25, -0.2) is 4.98 Å². The van der Waals surface area contributed by atoms with Crippen molar-refractivity contribution in [3.63, 3.8) is 0 Å². The van der Waals surface area contributed by atoms with Gasteiger partial charge >= 0.3 is 0 Å². The molecule has 88 valence electrons. The lowest BCUT2D eigenvalue weighted by Crippen LogP contribution is -2.25. The quantitative estimate of drug-likeness (QED) is 0.846. The second kappa shape index (κ2) is 4.41. The highest BCUT2D eigenvalue weighted by Gasteiger charge is 2.37. The van der Waals surface area contributed by atoms with Crippen molar-refractivity contribution in [1.29, 1.82) is 0 Å². The third-order valence-corrected chi connectivity index (χ3v) is 2.86. The molecule has 0 saturated carbocycles. The van der Waals surface area contributed by atoms with Crippen LogP contribution in [0.3, 0.4) is 0 Å². The van der Waals surface area contributed by atoms with Gasteiger partial charge in [0.05, 0.1) is 12.3 Å². The number of aliphatic hydroxyl groups excluding tert-OH is 1. The number of ether oxygens (including phenoxy) is 2. The maximum absolute atomic E-state index is 10.1. The summed E-state index contributed by atoms with van der Waals surface area (Å²) >= 11 is 3.27. The average Bonchev–Trinajstić information content (AvgIpc) is 2.58. The zero-order chi connectivity index (χ0) is 11.8. The molecular weight excluding hydrogens is 274 g/mol. The van der Waals surface area contributed by atoms with Gasteiger partial charge in [0.15, 0.2) is 5.79 Å². The van der Waals surface area contributed by atoms with E-state index in [0.717, 1.165) is 0 Å². The number of aromatic nitrogens is 1. The molecule has 2 heterocycles. The van der Waals surface area contributed by atoms with Gasteiger partial charge in [0.1, 0.15) is 16.8 Å². The first-order chi connectivity index (χ1) is 7.48. The van der Waals surface area contributed by atoms with Gasteiger partial charge in [-0.3, -0.25) is 0 Å². The predicted octanol–water partition coefficient (Wildman–Crippen LogP) is 2.03. The summed E-state index contributed by atoms with van der Waals surface area (Å²) in [7, 11) is 0. The summed E-state index contributed by atoms with van der Waals surface area (Å²) in [6.07, 6.45) is -1.13. The molecule has 0 bridgehead atoms. The SMILES string of the molecule is CC1(C)OC[C@H]([C@@H](O)c2cccc(Br)n2)O1. The normalized spacial score (nSPS) is 25.6. The summed E-state index contributed by atoms with van der Waals surface area (Å²) in [5, 5.41) is 10.1. The lowest BCUT2D eigenvalue weighted by atomic mass is 10.1. The third kappa shape index (κ3) is 2.60. The van der Waals surface area contributed by atoms with E-state index < -0.39 is 11.9 Å². The van der Waals surface area contributed by atoms with E-state index in [2.05, 4.69) is 20.9 Å². The van der Waals surface area contributed by atoms with Gasteiger partial charge in [0.25, 0.3) is 0 Å². The number of pyridine rings is 1. The summed E-state index contributed by atoms with van der Waals surface area (Å²) in [6, 6.07) is 5.41. The maximum atomic E-state index is 10.1. The molecule has 2 atom stereocenters. The standard InChI is InChI=1S/C11H14BrNO3/c1-11(2)15-6-8(16-11)10(14)7-4-3-5-9(12)13-7/h3-5,8,10,14H,6H2,1-2H3/t8-,10+/m1/s1. The summed E-state index contributed by atoms with van der Waals surface area (Å²) in [4.78, 5) is 4.20. The van der Waals surface area contributed by atoms with Crippen LogP contribution in [-0.2, 0) is 9.47 Å². The highest BCUT2D eigenvalue weighted by molar-refractivity contribution is 9.10. The van der Waals surface area contributed by atoms with Crippen molar-refractivity contribution in [2.75, 3.05) is 6.61 Å². The Labute approximate surface area is 103 Å². The Hall–Kier alpha value is -0.490. The van der Waals surface area contributed by atoms with Crippen LogP contribution in [0.2, 0.25) is 0 Å². The van der Waals surface area contributed by atoms with Gasteiger partial charge in [-0.05, 0) is 41.9 Å². The van der Waals surface area contributed by atoms with Crippen LogP contribution in [-0.4, -0.2) is 28.6 Å². The van der Waals surface area contributed by atoms with E-state index >= 15 is 0 Å². The van der Waals surface area contributed by atoms with E-state index in [4.69, 9.17) is 9.47 Å². The molecule has 0 amide bonds. The molecule has 0 radical (unpaired) electrons. The molecule has 5 heteroatoms. The highest BCUT2D eigenvalue weighted by Crippen LogP contribution is 2.30.